The van der Waals surface area contributed by atoms with E-state index < -0.39 is 6.04 Å². The molecular weight excluding hydrogens is 439 g/mol. The van der Waals surface area contributed by atoms with Gasteiger partial charge in [0.05, 0.1) is 5.75 Å². The normalized spacial score (nSPS) is 11.9. The highest BCUT2D eigenvalue weighted by atomic mass is 35.5. The third-order valence-corrected chi connectivity index (χ3v) is 6.02. The Balaban J connectivity index is 2.04. The Morgan fingerprint density at radius 3 is 2.00 bits per heavy atom. The Bertz CT molecular complexity index is 826. The molecule has 0 spiro atoms. The summed E-state index contributed by atoms with van der Waals surface area (Å²) in [5.74, 6) is 1.12. The fourth-order valence-corrected chi connectivity index (χ4v) is 3.86. The Labute approximate surface area is 193 Å². The number of hydrogen-bond acceptors (Lipinski definition) is 3. The summed E-state index contributed by atoms with van der Waals surface area (Å²) in [6.07, 6.45) is 0. The minimum Gasteiger partial charge on any atom is -0.354 e. The molecule has 0 aromatic heterocycles. The van der Waals surface area contributed by atoms with Gasteiger partial charge in [-0.1, -0.05) is 61.3 Å². The van der Waals surface area contributed by atoms with Gasteiger partial charge in [0.1, 0.15) is 6.04 Å². The van der Waals surface area contributed by atoms with Gasteiger partial charge in [-0.15, -0.1) is 11.8 Å². The molecule has 2 amide bonds. The molecule has 0 saturated carbocycles. The molecule has 0 aliphatic rings. The molecule has 2 aromatic carbocycles. The fraction of sp³-hybridized carbons (Fsp3) is 0.391. The van der Waals surface area contributed by atoms with E-state index in [0.717, 1.165) is 11.1 Å². The van der Waals surface area contributed by atoms with Crippen molar-refractivity contribution >= 4 is 46.8 Å². The molecule has 0 aliphatic carbocycles. The number of halogens is 2. The zero-order chi connectivity index (χ0) is 22.1. The van der Waals surface area contributed by atoms with Crippen LogP contribution >= 0.6 is 35.0 Å². The molecule has 0 bridgehead atoms. The van der Waals surface area contributed by atoms with E-state index in [4.69, 9.17) is 23.2 Å². The van der Waals surface area contributed by atoms with Gasteiger partial charge in [0.15, 0.2) is 0 Å². The summed E-state index contributed by atoms with van der Waals surface area (Å²) < 4.78 is 0. The van der Waals surface area contributed by atoms with Crippen LogP contribution in [-0.2, 0) is 21.9 Å². The van der Waals surface area contributed by atoms with Gasteiger partial charge >= 0.3 is 0 Å². The van der Waals surface area contributed by atoms with E-state index >= 15 is 0 Å². The van der Waals surface area contributed by atoms with E-state index in [0.29, 0.717) is 34.8 Å². The van der Waals surface area contributed by atoms with Crippen molar-refractivity contribution in [1.82, 2.24) is 10.2 Å². The second-order valence-corrected chi connectivity index (χ2v) is 9.44. The summed E-state index contributed by atoms with van der Waals surface area (Å²) in [4.78, 5) is 27.3. The average molecular weight is 467 g/mol. The van der Waals surface area contributed by atoms with Gasteiger partial charge < -0.3 is 10.2 Å². The first-order valence-electron chi connectivity index (χ1n) is 9.90. The first-order chi connectivity index (χ1) is 14.3. The van der Waals surface area contributed by atoms with E-state index in [-0.39, 0.29) is 17.6 Å². The number of rotatable bonds is 10. The van der Waals surface area contributed by atoms with Crippen LogP contribution in [0.2, 0.25) is 10.0 Å². The number of benzene rings is 2. The van der Waals surface area contributed by atoms with Crippen molar-refractivity contribution in [2.45, 2.75) is 39.1 Å². The number of carbonyl (C=O) groups excluding carboxylic acids is 2. The third-order valence-electron chi connectivity index (χ3n) is 4.53. The lowest BCUT2D eigenvalue weighted by atomic mass is 10.1. The van der Waals surface area contributed by atoms with Gasteiger partial charge in [-0.3, -0.25) is 9.59 Å². The van der Waals surface area contributed by atoms with Crippen molar-refractivity contribution < 1.29 is 9.59 Å². The monoisotopic (exact) mass is 466 g/mol. The molecule has 1 N–H and O–H groups in total. The van der Waals surface area contributed by atoms with Gasteiger partial charge in [-0.05, 0) is 48.2 Å². The lowest BCUT2D eigenvalue weighted by Crippen LogP contribution is -2.48. The molecule has 4 nitrogen and oxygen atoms in total. The SMILES string of the molecule is CC(C)CNC(=O)C(C)N(Cc1ccc(Cl)cc1)C(=O)CSCc1ccc(Cl)cc1. The van der Waals surface area contributed by atoms with Crippen LogP contribution in [-0.4, -0.2) is 35.1 Å². The quantitative estimate of drug-likeness (QED) is 0.508. The number of nitrogens with zero attached hydrogens (tertiary/aromatic N) is 1. The molecule has 162 valence electrons. The van der Waals surface area contributed by atoms with Crippen molar-refractivity contribution in [1.29, 1.82) is 0 Å². The van der Waals surface area contributed by atoms with E-state index in [2.05, 4.69) is 5.32 Å². The maximum atomic E-state index is 13.0. The topological polar surface area (TPSA) is 49.4 Å². The summed E-state index contributed by atoms with van der Waals surface area (Å²) in [5, 5.41) is 4.25. The van der Waals surface area contributed by atoms with Gasteiger partial charge in [-0.2, -0.15) is 0 Å². The molecular formula is C23H28Cl2N2O2S. The van der Waals surface area contributed by atoms with Gasteiger partial charge in [-0.25, -0.2) is 0 Å². The predicted molar refractivity (Wildman–Crippen MR) is 127 cm³/mol. The lowest BCUT2D eigenvalue weighted by molar-refractivity contribution is -0.138. The van der Waals surface area contributed by atoms with Gasteiger partial charge in [0, 0.05) is 28.9 Å². The van der Waals surface area contributed by atoms with Crippen LogP contribution in [0.5, 0.6) is 0 Å². The summed E-state index contributed by atoms with van der Waals surface area (Å²) in [6.45, 7) is 6.78. The van der Waals surface area contributed by atoms with Crippen LogP contribution in [0.3, 0.4) is 0 Å². The first kappa shape index (κ1) is 24.6. The molecule has 2 aromatic rings. The van der Waals surface area contributed by atoms with Crippen molar-refractivity contribution in [2.75, 3.05) is 12.3 Å². The smallest absolute Gasteiger partial charge is 0.242 e. The molecule has 0 fully saturated rings. The molecule has 0 saturated heterocycles. The van der Waals surface area contributed by atoms with E-state index in [9.17, 15) is 9.59 Å². The van der Waals surface area contributed by atoms with Crippen LogP contribution in [0.15, 0.2) is 48.5 Å². The highest BCUT2D eigenvalue weighted by Gasteiger charge is 2.26. The summed E-state index contributed by atoms with van der Waals surface area (Å²) in [5.41, 5.74) is 2.03. The minimum atomic E-state index is -0.567. The Kier molecular flexibility index (Phi) is 10.0. The zero-order valence-corrected chi connectivity index (χ0v) is 19.9. The third kappa shape index (κ3) is 8.21. The maximum Gasteiger partial charge on any atom is 0.242 e. The lowest BCUT2D eigenvalue weighted by Gasteiger charge is -2.29. The van der Waals surface area contributed by atoms with Gasteiger partial charge in [0.25, 0.3) is 0 Å². The first-order valence-corrected chi connectivity index (χ1v) is 11.8. The number of amides is 2. The molecule has 0 aliphatic heterocycles. The molecule has 0 radical (unpaired) electrons. The minimum absolute atomic E-state index is 0.0730. The van der Waals surface area contributed by atoms with E-state index in [1.54, 1.807) is 24.0 Å². The highest BCUT2D eigenvalue weighted by Crippen LogP contribution is 2.18. The van der Waals surface area contributed by atoms with E-state index in [1.807, 2.05) is 50.2 Å². The summed E-state index contributed by atoms with van der Waals surface area (Å²) in [7, 11) is 0. The number of thioether (sulfide) groups is 1. The van der Waals surface area contributed by atoms with Crippen LogP contribution in [0, 0.1) is 5.92 Å². The average Bonchev–Trinajstić information content (AvgIpc) is 2.72. The number of nitrogens with one attached hydrogen (secondary N) is 1. The molecule has 1 atom stereocenters. The van der Waals surface area contributed by atoms with Crippen molar-refractivity contribution in [3.05, 3.63) is 69.7 Å². The maximum absolute atomic E-state index is 13.0. The molecule has 7 heteroatoms. The molecule has 1 unspecified atom stereocenters. The zero-order valence-electron chi connectivity index (χ0n) is 17.5. The van der Waals surface area contributed by atoms with Crippen molar-refractivity contribution in [2.24, 2.45) is 5.92 Å². The molecule has 0 heterocycles. The number of hydrogen-bond donors (Lipinski definition) is 1. The number of carbonyl (C=O) groups is 2. The van der Waals surface area contributed by atoms with Gasteiger partial charge in [0.2, 0.25) is 11.8 Å². The van der Waals surface area contributed by atoms with Crippen molar-refractivity contribution in [3.8, 4) is 0 Å². The Hall–Kier alpha value is -1.69. The highest BCUT2D eigenvalue weighted by molar-refractivity contribution is 7.99. The second-order valence-electron chi connectivity index (χ2n) is 7.58. The fourth-order valence-electron chi connectivity index (χ4n) is 2.74. The van der Waals surface area contributed by atoms with Crippen LogP contribution in [0.1, 0.15) is 31.9 Å². The Morgan fingerprint density at radius 1 is 0.933 bits per heavy atom. The molecule has 2 rings (SSSR count). The standard InChI is InChI=1S/C23H28Cl2N2O2S/c1-16(2)12-26-23(29)17(3)27(13-18-4-8-20(24)9-5-18)22(28)15-30-14-19-6-10-21(25)11-7-19/h4-11,16-17H,12-15H2,1-3H3,(H,26,29). The Morgan fingerprint density at radius 2 is 1.47 bits per heavy atom. The van der Waals surface area contributed by atoms with Crippen LogP contribution in [0.4, 0.5) is 0 Å². The summed E-state index contributed by atoms with van der Waals surface area (Å²) in [6, 6.07) is 14.4. The second kappa shape index (κ2) is 12.2. The molecule has 30 heavy (non-hydrogen) atoms. The van der Waals surface area contributed by atoms with E-state index in [1.165, 1.54) is 11.8 Å². The predicted octanol–water partition coefficient (Wildman–Crippen LogP) is 5.42. The van der Waals surface area contributed by atoms with Crippen LogP contribution in [0.25, 0.3) is 0 Å². The van der Waals surface area contributed by atoms with Crippen molar-refractivity contribution in [3.63, 3.8) is 0 Å². The van der Waals surface area contributed by atoms with Crippen LogP contribution < -0.4 is 5.32 Å². The summed E-state index contributed by atoms with van der Waals surface area (Å²) >= 11 is 13.4. The largest absolute Gasteiger partial charge is 0.354 e.